The smallest absolute Gasteiger partial charge is 0.336 e. The van der Waals surface area contributed by atoms with Crippen molar-refractivity contribution in [3.8, 4) is 0 Å². The lowest BCUT2D eigenvalue weighted by molar-refractivity contribution is 0.0693. The molecule has 17 heavy (non-hydrogen) atoms. The Morgan fingerprint density at radius 3 is 2.82 bits per heavy atom. The van der Waals surface area contributed by atoms with Crippen LogP contribution in [0, 0.1) is 6.92 Å². The molecule has 0 saturated carbocycles. The number of hydrogen-bond acceptors (Lipinski definition) is 5. The van der Waals surface area contributed by atoms with Crippen molar-refractivity contribution in [1.29, 1.82) is 0 Å². The van der Waals surface area contributed by atoms with Gasteiger partial charge in [-0.25, -0.2) is 4.79 Å². The van der Waals surface area contributed by atoms with E-state index < -0.39 is 5.97 Å². The zero-order valence-corrected chi connectivity index (χ0v) is 11.9. The Hall–Kier alpha value is -0.920. The Labute approximate surface area is 114 Å². The van der Waals surface area contributed by atoms with Gasteiger partial charge in [0, 0.05) is 9.37 Å². The number of halogens is 1. The molecule has 0 spiro atoms. The van der Waals surface area contributed by atoms with E-state index in [0.717, 1.165) is 13.8 Å². The summed E-state index contributed by atoms with van der Waals surface area (Å²) in [6.45, 7) is 1.86. The van der Waals surface area contributed by atoms with Gasteiger partial charge in [-0.3, -0.25) is 0 Å². The molecule has 0 unspecified atom stereocenters. The molecular weight excluding hydrogens is 324 g/mol. The summed E-state index contributed by atoms with van der Waals surface area (Å²) in [5, 5.41) is 17.8. The minimum atomic E-state index is -0.949. The second-order valence-corrected chi connectivity index (χ2v) is 6.52. The van der Waals surface area contributed by atoms with Crippen molar-refractivity contribution >= 4 is 45.0 Å². The number of aromatic carboxylic acids is 1. The average molecular weight is 331 g/mol. The molecule has 1 heterocycles. The van der Waals surface area contributed by atoms with Gasteiger partial charge < -0.3 is 5.11 Å². The molecule has 0 fully saturated rings. The molecule has 4 nitrogen and oxygen atoms in total. The highest BCUT2D eigenvalue weighted by molar-refractivity contribution is 9.10. The monoisotopic (exact) mass is 330 g/mol. The van der Waals surface area contributed by atoms with Gasteiger partial charge in [0.05, 0.1) is 5.56 Å². The Morgan fingerprint density at radius 2 is 2.24 bits per heavy atom. The lowest BCUT2D eigenvalue weighted by Gasteiger charge is -2.03. The van der Waals surface area contributed by atoms with Gasteiger partial charge in [0.15, 0.2) is 4.34 Å². The fourth-order valence-electron chi connectivity index (χ4n) is 1.17. The summed E-state index contributed by atoms with van der Waals surface area (Å²) in [5.41, 5.74) is 0.261. The summed E-state index contributed by atoms with van der Waals surface area (Å²) < 4.78 is 1.49. The van der Waals surface area contributed by atoms with E-state index in [4.69, 9.17) is 5.11 Å². The van der Waals surface area contributed by atoms with Gasteiger partial charge >= 0.3 is 5.97 Å². The van der Waals surface area contributed by atoms with Crippen LogP contribution >= 0.6 is 39.0 Å². The van der Waals surface area contributed by atoms with E-state index in [9.17, 15) is 4.79 Å². The first-order valence-electron chi connectivity index (χ1n) is 4.57. The fraction of sp³-hybridized carbons (Fsp3) is 0.100. The molecule has 0 aliphatic rings. The highest BCUT2D eigenvalue weighted by atomic mass is 79.9. The van der Waals surface area contributed by atoms with E-state index in [0.29, 0.717) is 4.90 Å². The third-order valence-corrected chi connectivity index (χ3v) is 4.34. The minimum Gasteiger partial charge on any atom is -0.478 e. The average Bonchev–Trinajstić information content (AvgIpc) is 2.66. The number of rotatable bonds is 3. The SMILES string of the molecule is Cc1nnc(Sc2ccc(Br)cc2C(=O)O)s1. The van der Waals surface area contributed by atoms with E-state index in [1.54, 1.807) is 12.1 Å². The molecule has 0 amide bonds. The van der Waals surface area contributed by atoms with Gasteiger partial charge in [-0.2, -0.15) is 0 Å². The van der Waals surface area contributed by atoms with Gasteiger partial charge in [0.1, 0.15) is 5.01 Å². The van der Waals surface area contributed by atoms with Crippen LogP contribution in [0.25, 0.3) is 0 Å². The van der Waals surface area contributed by atoms with Crippen LogP contribution in [0.15, 0.2) is 31.9 Å². The molecule has 1 N–H and O–H groups in total. The van der Waals surface area contributed by atoms with Crippen molar-refractivity contribution in [2.75, 3.05) is 0 Å². The molecule has 1 aromatic heterocycles. The van der Waals surface area contributed by atoms with Gasteiger partial charge in [-0.15, -0.1) is 10.2 Å². The second-order valence-electron chi connectivity index (χ2n) is 3.13. The number of aromatic nitrogens is 2. The van der Waals surface area contributed by atoms with Crippen LogP contribution in [0.4, 0.5) is 0 Å². The van der Waals surface area contributed by atoms with Gasteiger partial charge in [-0.1, -0.05) is 39.0 Å². The molecule has 1 aromatic carbocycles. The minimum absolute atomic E-state index is 0.261. The second kappa shape index (κ2) is 5.16. The number of benzene rings is 1. The zero-order chi connectivity index (χ0) is 12.4. The normalized spacial score (nSPS) is 10.5. The lowest BCUT2D eigenvalue weighted by Crippen LogP contribution is -1.98. The molecule has 0 aliphatic heterocycles. The molecular formula is C10H7BrN2O2S2. The van der Waals surface area contributed by atoms with Crippen molar-refractivity contribution in [3.05, 3.63) is 33.2 Å². The maximum absolute atomic E-state index is 11.1. The van der Waals surface area contributed by atoms with Crippen LogP contribution in [0.2, 0.25) is 0 Å². The molecule has 0 aliphatic carbocycles. The number of carboxylic acids is 1. The van der Waals surface area contributed by atoms with Crippen LogP contribution in [0.1, 0.15) is 15.4 Å². The molecule has 2 rings (SSSR count). The Bertz CT molecular complexity index is 571. The van der Waals surface area contributed by atoms with Crippen LogP contribution in [0.5, 0.6) is 0 Å². The predicted molar refractivity (Wildman–Crippen MR) is 69.9 cm³/mol. The van der Waals surface area contributed by atoms with E-state index >= 15 is 0 Å². The number of hydrogen-bond donors (Lipinski definition) is 1. The highest BCUT2D eigenvalue weighted by Gasteiger charge is 2.13. The first-order valence-corrected chi connectivity index (χ1v) is 6.99. The number of aryl methyl sites for hydroxylation is 1. The predicted octanol–water partition coefficient (Wildman–Crippen LogP) is 3.46. The summed E-state index contributed by atoms with van der Waals surface area (Å²) in [4.78, 5) is 11.8. The molecule has 0 atom stereocenters. The highest BCUT2D eigenvalue weighted by Crippen LogP contribution is 2.33. The van der Waals surface area contributed by atoms with E-state index in [1.165, 1.54) is 23.1 Å². The third kappa shape index (κ3) is 3.05. The quantitative estimate of drug-likeness (QED) is 0.933. The molecule has 0 saturated heterocycles. The topological polar surface area (TPSA) is 63.1 Å². The van der Waals surface area contributed by atoms with Crippen molar-refractivity contribution < 1.29 is 9.90 Å². The summed E-state index contributed by atoms with van der Waals surface area (Å²) in [6, 6.07) is 5.15. The summed E-state index contributed by atoms with van der Waals surface area (Å²) in [6.07, 6.45) is 0. The maximum atomic E-state index is 11.1. The van der Waals surface area contributed by atoms with Crippen LogP contribution in [-0.2, 0) is 0 Å². The van der Waals surface area contributed by atoms with Crippen LogP contribution in [0.3, 0.4) is 0 Å². The number of nitrogens with zero attached hydrogens (tertiary/aromatic N) is 2. The van der Waals surface area contributed by atoms with Gasteiger partial charge in [-0.05, 0) is 25.1 Å². The molecule has 7 heteroatoms. The van der Waals surface area contributed by atoms with Crippen LogP contribution in [-0.4, -0.2) is 21.3 Å². The summed E-state index contributed by atoms with van der Waals surface area (Å²) in [7, 11) is 0. The van der Waals surface area contributed by atoms with Gasteiger partial charge in [0.2, 0.25) is 0 Å². The number of carbonyl (C=O) groups is 1. The lowest BCUT2D eigenvalue weighted by atomic mass is 10.2. The van der Waals surface area contributed by atoms with E-state index in [1.807, 2.05) is 13.0 Å². The van der Waals surface area contributed by atoms with Gasteiger partial charge in [0.25, 0.3) is 0 Å². The number of carboxylic acid groups (broad SMARTS) is 1. The Kier molecular flexibility index (Phi) is 3.80. The first-order chi connectivity index (χ1) is 8.06. The zero-order valence-electron chi connectivity index (χ0n) is 8.68. The van der Waals surface area contributed by atoms with E-state index in [2.05, 4.69) is 26.1 Å². The maximum Gasteiger partial charge on any atom is 0.336 e. The van der Waals surface area contributed by atoms with Crippen LogP contribution < -0.4 is 0 Å². The Morgan fingerprint density at radius 1 is 1.47 bits per heavy atom. The molecule has 0 radical (unpaired) electrons. The standard InChI is InChI=1S/C10H7BrN2O2S2/c1-5-12-13-10(16-5)17-8-3-2-6(11)4-7(8)9(14)15/h2-4H,1H3,(H,14,15). The van der Waals surface area contributed by atoms with Crippen molar-refractivity contribution in [2.24, 2.45) is 0 Å². The Balaban J connectivity index is 2.35. The molecule has 88 valence electrons. The summed E-state index contributed by atoms with van der Waals surface area (Å²) in [5.74, 6) is -0.949. The third-order valence-electron chi connectivity index (χ3n) is 1.88. The largest absolute Gasteiger partial charge is 0.478 e. The fourth-order valence-corrected chi connectivity index (χ4v) is 3.41. The van der Waals surface area contributed by atoms with Crippen molar-refractivity contribution in [2.45, 2.75) is 16.2 Å². The molecule has 2 aromatic rings. The van der Waals surface area contributed by atoms with Crippen molar-refractivity contribution in [3.63, 3.8) is 0 Å². The first kappa shape index (κ1) is 12.5. The van der Waals surface area contributed by atoms with E-state index in [-0.39, 0.29) is 5.56 Å². The molecule has 0 bridgehead atoms. The summed E-state index contributed by atoms with van der Waals surface area (Å²) >= 11 is 6.01. The van der Waals surface area contributed by atoms with Crippen molar-refractivity contribution in [1.82, 2.24) is 10.2 Å².